The maximum absolute atomic E-state index is 13.0. The molecule has 2 aromatic carbocycles. The molecular formula is C24H23F3N5O2S-. The number of anilines is 2. The summed E-state index contributed by atoms with van der Waals surface area (Å²) in [5.74, 6) is 0.0160. The molecule has 7 nitrogen and oxygen atoms in total. The molecule has 1 aromatic heterocycles. The van der Waals surface area contributed by atoms with Gasteiger partial charge in [0, 0.05) is 28.9 Å². The van der Waals surface area contributed by atoms with Gasteiger partial charge in [0.2, 0.25) is 0 Å². The third kappa shape index (κ3) is 5.31. The molecule has 4 rings (SSSR count). The fraction of sp³-hybridized carbons (Fsp3) is 0.250. The summed E-state index contributed by atoms with van der Waals surface area (Å²) in [6.07, 6.45) is 0.219. The second kappa shape index (κ2) is 9.68. The number of nitrogens with one attached hydrogen (secondary N) is 2. The van der Waals surface area contributed by atoms with E-state index >= 15 is 0 Å². The summed E-state index contributed by atoms with van der Waals surface area (Å²) in [5, 5.41) is 31.6. The van der Waals surface area contributed by atoms with E-state index in [9.17, 15) is 23.6 Å². The van der Waals surface area contributed by atoms with Gasteiger partial charge in [-0.05, 0) is 62.8 Å². The van der Waals surface area contributed by atoms with Gasteiger partial charge in [0.05, 0.1) is 22.6 Å². The number of nitrogens with zero attached hydrogens (tertiary/aromatic N) is 3. The summed E-state index contributed by atoms with van der Waals surface area (Å²) in [4.78, 5) is 0. The average Bonchev–Trinajstić information content (AvgIpc) is 3.36. The van der Waals surface area contributed by atoms with E-state index in [2.05, 4.69) is 15.7 Å². The number of thiocarbonyl (C=S) groups is 1. The summed E-state index contributed by atoms with van der Waals surface area (Å²) in [7, 11) is 0. The Labute approximate surface area is 205 Å². The number of halogens is 3. The maximum atomic E-state index is 13.0. The Morgan fingerprint density at radius 3 is 2.63 bits per heavy atom. The molecule has 2 atom stereocenters. The van der Waals surface area contributed by atoms with Gasteiger partial charge in [-0.25, -0.2) is 4.68 Å². The molecule has 0 saturated carbocycles. The van der Waals surface area contributed by atoms with Crippen molar-refractivity contribution >= 4 is 28.7 Å². The smallest absolute Gasteiger partial charge is 0.416 e. The van der Waals surface area contributed by atoms with Crippen molar-refractivity contribution in [1.82, 2.24) is 15.1 Å². The minimum atomic E-state index is -4.43. The van der Waals surface area contributed by atoms with Crippen LogP contribution in [0, 0.1) is 19.1 Å². The summed E-state index contributed by atoms with van der Waals surface area (Å²) < 4.78 is 40.5. The van der Waals surface area contributed by atoms with E-state index in [4.69, 9.17) is 12.2 Å². The Balaban J connectivity index is 1.45. The van der Waals surface area contributed by atoms with Crippen LogP contribution in [0.2, 0.25) is 0 Å². The first-order chi connectivity index (χ1) is 16.5. The monoisotopic (exact) mass is 502 g/mol. The third-order valence-corrected chi connectivity index (χ3v) is 6.10. The van der Waals surface area contributed by atoms with Crippen LogP contribution in [0.4, 0.5) is 24.5 Å². The van der Waals surface area contributed by atoms with Crippen LogP contribution in [0.25, 0.3) is 5.69 Å². The maximum Gasteiger partial charge on any atom is 0.416 e. The number of allylic oxidation sites excluding steroid dienone is 1. The molecule has 1 heterocycles. The fourth-order valence-corrected chi connectivity index (χ4v) is 4.63. The van der Waals surface area contributed by atoms with Crippen LogP contribution in [0.5, 0.6) is 0 Å². The van der Waals surface area contributed by atoms with E-state index in [-0.39, 0.29) is 33.7 Å². The van der Waals surface area contributed by atoms with Crippen molar-refractivity contribution in [3.63, 3.8) is 0 Å². The number of para-hydroxylation sites is 2. The predicted molar refractivity (Wildman–Crippen MR) is 132 cm³/mol. The lowest BCUT2D eigenvalue weighted by Crippen LogP contribution is -2.35. The molecule has 184 valence electrons. The van der Waals surface area contributed by atoms with E-state index in [0.717, 1.165) is 29.1 Å². The molecule has 11 heteroatoms. The van der Waals surface area contributed by atoms with Gasteiger partial charge < -0.3 is 21.1 Å². The standard InChI is InChI=1S/C24H23F3N5O2S/c1-14-22(15(2)31(30-14)20-8-3-4-9-21(20)32(33)34)16-10-11-19(12-16)29-23(35)28-18-7-5-6-17(13-18)24(25,26)27/h3-11,13,16,19,33H,12H2,1-2H3,(H2,28,29,35)/q-1. The third-order valence-electron chi connectivity index (χ3n) is 5.88. The van der Waals surface area contributed by atoms with Crippen molar-refractivity contribution in [3.8, 4) is 5.69 Å². The number of alkyl halides is 3. The molecule has 0 spiro atoms. The number of aromatic nitrogens is 2. The van der Waals surface area contributed by atoms with E-state index in [1.165, 1.54) is 18.2 Å². The first-order valence-corrected chi connectivity index (χ1v) is 11.2. The van der Waals surface area contributed by atoms with Crippen LogP contribution in [0.15, 0.2) is 60.7 Å². The van der Waals surface area contributed by atoms with Gasteiger partial charge in [0.25, 0.3) is 0 Å². The number of rotatable bonds is 5. The Morgan fingerprint density at radius 1 is 1.17 bits per heavy atom. The zero-order valence-corrected chi connectivity index (χ0v) is 19.7. The van der Waals surface area contributed by atoms with E-state index in [1.54, 1.807) is 22.9 Å². The molecule has 0 saturated heterocycles. The van der Waals surface area contributed by atoms with Crippen LogP contribution < -0.4 is 15.9 Å². The average molecular weight is 503 g/mol. The van der Waals surface area contributed by atoms with Crippen molar-refractivity contribution in [1.29, 1.82) is 0 Å². The van der Waals surface area contributed by atoms with Crippen molar-refractivity contribution in [2.75, 3.05) is 10.5 Å². The molecule has 1 aliphatic carbocycles. The van der Waals surface area contributed by atoms with Gasteiger partial charge in [-0.15, -0.1) is 0 Å². The minimum absolute atomic E-state index is 0.0160. The van der Waals surface area contributed by atoms with Crippen LogP contribution >= 0.6 is 12.2 Å². The van der Waals surface area contributed by atoms with Gasteiger partial charge in [-0.1, -0.05) is 30.4 Å². The van der Waals surface area contributed by atoms with Crippen LogP contribution in [-0.4, -0.2) is 26.1 Å². The highest BCUT2D eigenvalue weighted by Gasteiger charge is 2.31. The number of aryl methyl sites for hydroxylation is 1. The molecule has 35 heavy (non-hydrogen) atoms. The normalized spacial score (nSPS) is 17.5. The fourth-order valence-electron chi connectivity index (χ4n) is 4.36. The highest BCUT2D eigenvalue weighted by atomic mass is 32.1. The van der Waals surface area contributed by atoms with E-state index in [0.29, 0.717) is 12.1 Å². The second-order valence-corrected chi connectivity index (χ2v) is 8.68. The number of hydrogen-bond acceptors (Lipinski definition) is 5. The van der Waals surface area contributed by atoms with Crippen molar-refractivity contribution in [2.24, 2.45) is 0 Å². The molecule has 0 bridgehead atoms. The van der Waals surface area contributed by atoms with Gasteiger partial charge in [0.1, 0.15) is 0 Å². The highest BCUT2D eigenvalue weighted by Crippen LogP contribution is 2.35. The summed E-state index contributed by atoms with van der Waals surface area (Å²) >= 11 is 5.31. The lowest BCUT2D eigenvalue weighted by molar-refractivity contribution is -0.137. The van der Waals surface area contributed by atoms with E-state index < -0.39 is 11.7 Å². The number of benzene rings is 2. The topological polar surface area (TPSA) is 88.4 Å². The Bertz CT molecular complexity index is 1270. The SMILES string of the molecule is Cc1nn(-c2ccccc2N([O-])O)c(C)c1C1C=CC(NC(=S)Nc2cccc(C(F)(F)F)c2)C1. The molecule has 3 aromatic rings. The summed E-state index contributed by atoms with van der Waals surface area (Å²) in [6, 6.07) is 11.3. The Kier molecular flexibility index (Phi) is 6.84. The largest absolute Gasteiger partial charge is 0.733 e. The second-order valence-electron chi connectivity index (χ2n) is 8.27. The molecule has 0 amide bonds. The van der Waals surface area contributed by atoms with Crippen LogP contribution in [0.3, 0.4) is 0 Å². The van der Waals surface area contributed by atoms with Crippen molar-refractivity contribution in [3.05, 3.63) is 88.4 Å². The first-order valence-electron chi connectivity index (χ1n) is 10.8. The lowest BCUT2D eigenvalue weighted by atomic mass is 9.96. The molecule has 0 fully saturated rings. The zero-order valence-electron chi connectivity index (χ0n) is 18.9. The number of hydrogen-bond donors (Lipinski definition) is 3. The summed E-state index contributed by atoms with van der Waals surface area (Å²) in [6.45, 7) is 3.77. The molecule has 0 aliphatic heterocycles. The highest BCUT2D eigenvalue weighted by molar-refractivity contribution is 7.80. The van der Waals surface area contributed by atoms with Gasteiger partial charge in [-0.2, -0.15) is 18.3 Å². The van der Waals surface area contributed by atoms with E-state index in [1.807, 2.05) is 26.0 Å². The molecule has 0 radical (unpaired) electrons. The van der Waals surface area contributed by atoms with Gasteiger partial charge >= 0.3 is 6.18 Å². The predicted octanol–water partition coefficient (Wildman–Crippen LogP) is 5.60. The summed E-state index contributed by atoms with van der Waals surface area (Å²) in [5.41, 5.74) is 2.64. The minimum Gasteiger partial charge on any atom is -0.733 e. The van der Waals surface area contributed by atoms with Gasteiger partial charge in [0.15, 0.2) is 5.11 Å². The van der Waals surface area contributed by atoms with Gasteiger partial charge in [-0.3, -0.25) is 5.21 Å². The lowest BCUT2D eigenvalue weighted by Gasteiger charge is -2.24. The zero-order chi connectivity index (χ0) is 25.3. The van der Waals surface area contributed by atoms with Crippen LogP contribution in [0.1, 0.15) is 34.9 Å². The van der Waals surface area contributed by atoms with Crippen molar-refractivity contribution < 1.29 is 18.4 Å². The van der Waals surface area contributed by atoms with Crippen molar-refractivity contribution in [2.45, 2.75) is 38.4 Å². The molecular weight excluding hydrogens is 479 g/mol. The molecule has 2 unspecified atom stereocenters. The Hall–Kier alpha value is -3.41. The first kappa shape index (κ1) is 24.7. The Morgan fingerprint density at radius 2 is 1.91 bits per heavy atom. The van der Waals surface area contributed by atoms with Crippen LogP contribution in [-0.2, 0) is 6.18 Å². The molecule has 1 aliphatic rings. The quantitative estimate of drug-likeness (QED) is 0.238. The molecule has 3 N–H and O–H groups in total.